The lowest BCUT2D eigenvalue weighted by atomic mass is 10.1. The molecule has 0 heterocycles. The van der Waals surface area contributed by atoms with Crippen LogP contribution in [0.4, 0.5) is 11.4 Å². The molecular weight excluding hydrogens is 310 g/mol. The molecule has 0 fully saturated rings. The van der Waals surface area contributed by atoms with Gasteiger partial charge in [0.15, 0.2) is 0 Å². The summed E-state index contributed by atoms with van der Waals surface area (Å²) in [6, 6.07) is 3.02. The van der Waals surface area contributed by atoms with E-state index < -0.39 is 10.0 Å². The minimum Gasteiger partial charge on any atom is -0.398 e. The second-order valence-corrected chi connectivity index (χ2v) is 7.62. The summed E-state index contributed by atoms with van der Waals surface area (Å²) < 4.78 is 27.4. The normalized spacial score (nSPS) is 11.8. The number of hydrogen-bond donors (Lipinski definition) is 2. The molecule has 0 saturated carbocycles. The van der Waals surface area contributed by atoms with Gasteiger partial charge < -0.3 is 11.5 Å². The van der Waals surface area contributed by atoms with Crippen molar-refractivity contribution in [3.8, 4) is 0 Å². The SMILES string of the molecule is C=CCc1c(N)cc(S(=O)(=O)N(CCCC)CCCC)cc1N. The first-order valence-corrected chi connectivity index (χ1v) is 9.61. The van der Waals surface area contributed by atoms with Gasteiger partial charge in [-0.05, 0) is 31.4 Å². The van der Waals surface area contributed by atoms with Gasteiger partial charge in [-0.1, -0.05) is 32.8 Å². The van der Waals surface area contributed by atoms with Crippen molar-refractivity contribution < 1.29 is 8.42 Å². The average Bonchev–Trinajstić information content (AvgIpc) is 2.50. The van der Waals surface area contributed by atoms with Crippen LogP contribution in [0.5, 0.6) is 0 Å². The third kappa shape index (κ3) is 4.97. The van der Waals surface area contributed by atoms with Crippen LogP contribution in [0.3, 0.4) is 0 Å². The van der Waals surface area contributed by atoms with Crippen molar-refractivity contribution in [2.45, 2.75) is 50.8 Å². The van der Waals surface area contributed by atoms with Gasteiger partial charge in [0, 0.05) is 30.0 Å². The fourth-order valence-corrected chi connectivity index (χ4v) is 3.98. The van der Waals surface area contributed by atoms with Gasteiger partial charge in [-0.15, -0.1) is 6.58 Å². The Bertz CT molecular complexity index is 596. The van der Waals surface area contributed by atoms with Gasteiger partial charge in [-0.3, -0.25) is 0 Å². The summed E-state index contributed by atoms with van der Waals surface area (Å²) in [5, 5.41) is 0. The Balaban J connectivity index is 3.20. The number of nitrogen functional groups attached to an aromatic ring is 2. The van der Waals surface area contributed by atoms with E-state index >= 15 is 0 Å². The Morgan fingerprint density at radius 1 is 1.09 bits per heavy atom. The maximum Gasteiger partial charge on any atom is 0.243 e. The van der Waals surface area contributed by atoms with Gasteiger partial charge >= 0.3 is 0 Å². The van der Waals surface area contributed by atoms with Crippen molar-refractivity contribution in [2.24, 2.45) is 0 Å². The molecule has 0 radical (unpaired) electrons. The zero-order chi connectivity index (χ0) is 17.5. The van der Waals surface area contributed by atoms with Gasteiger partial charge in [0.05, 0.1) is 4.90 Å². The number of allylic oxidation sites excluding steroid dienone is 1. The fraction of sp³-hybridized carbons (Fsp3) is 0.529. The van der Waals surface area contributed by atoms with Gasteiger partial charge in [-0.2, -0.15) is 4.31 Å². The number of nitrogens with two attached hydrogens (primary N) is 2. The zero-order valence-corrected chi connectivity index (χ0v) is 15.0. The highest BCUT2D eigenvalue weighted by Crippen LogP contribution is 2.28. The maximum atomic E-state index is 12.9. The zero-order valence-electron chi connectivity index (χ0n) is 14.2. The summed E-state index contributed by atoms with van der Waals surface area (Å²) in [6.45, 7) is 8.80. The fourth-order valence-electron chi connectivity index (χ4n) is 2.39. The number of hydrogen-bond acceptors (Lipinski definition) is 4. The van der Waals surface area contributed by atoms with Crippen LogP contribution in [0.15, 0.2) is 29.7 Å². The first-order valence-electron chi connectivity index (χ1n) is 8.17. The molecule has 23 heavy (non-hydrogen) atoms. The minimum absolute atomic E-state index is 0.174. The van der Waals surface area contributed by atoms with Crippen LogP contribution in [0.1, 0.15) is 45.1 Å². The Morgan fingerprint density at radius 2 is 1.57 bits per heavy atom. The van der Waals surface area contributed by atoms with Crippen molar-refractivity contribution in [2.75, 3.05) is 24.6 Å². The first-order chi connectivity index (χ1) is 10.9. The van der Waals surface area contributed by atoms with Gasteiger partial charge in [-0.25, -0.2) is 8.42 Å². The molecule has 6 heteroatoms. The standard InChI is InChI=1S/C17H29N3O2S/c1-4-7-10-20(11-8-5-2)23(21,22)14-12-16(18)15(9-6-3)17(19)13-14/h6,12-13H,3-5,7-11,18-19H2,1-2H3. The quantitative estimate of drug-likeness (QED) is 0.506. The van der Waals surface area contributed by atoms with Crippen LogP contribution in [-0.2, 0) is 16.4 Å². The van der Waals surface area contributed by atoms with Crippen LogP contribution < -0.4 is 11.5 Å². The smallest absolute Gasteiger partial charge is 0.243 e. The van der Waals surface area contributed by atoms with E-state index in [4.69, 9.17) is 11.5 Å². The number of sulfonamides is 1. The molecule has 130 valence electrons. The van der Waals surface area contributed by atoms with E-state index in [9.17, 15) is 8.42 Å². The molecule has 0 spiro atoms. The van der Waals surface area contributed by atoms with Crippen molar-refractivity contribution in [1.82, 2.24) is 4.31 Å². The molecule has 1 rings (SSSR count). The van der Waals surface area contributed by atoms with Crippen LogP contribution >= 0.6 is 0 Å². The molecule has 0 aliphatic heterocycles. The highest BCUT2D eigenvalue weighted by atomic mass is 32.2. The molecule has 1 aromatic rings. The molecular formula is C17H29N3O2S. The van der Waals surface area contributed by atoms with E-state index in [2.05, 4.69) is 6.58 Å². The van der Waals surface area contributed by atoms with E-state index in [1.54, 1.807) is 10.4 Å². The van der Waals surface area contributed by atoms with Crippen LogP contribution in [0.25, 0.3) is 0 Å². The summed E-state index contributed by atoms with van der Waals surface area (Å²) in [5.74, 6) is 0. The number of nitrogens with zero attached hydrogens (tertiary/aromatic N) is 1. The molecule has 0 atom stereocenters. The van der Waals surface area contributed by atoms with E-state index in [1.807, 2.05) is 13.8 Å². The molecule has 0 bridgehead atoms. The number of anilines is 2. The summed E-state index contributed by atoms with van der Waals surface area (Å²) in [6.07, 6.45) is 5.78. The number of unbranched alkanes of at least 4 members (excludes halogenated alkanes) is 2. The lowest BCUT2D eigenvalue weighted by Crippen LogP contribution is -2.33. The monoisotopic (exact) mass is 339 g/mol. The summed E-state index contributed by atoms with van der Waals surface area (Å²) >= 11 is 0. The van der Waals surface area contributed by atoms with Crippen molar-refractivity contribution in [3.05, 3.63) is 30.4 Å². The Kier molecular flexibility index (Phi) is 7.58. The van der Waals surface area contributed by atoms with E-state index in [-0.39, 0.29) is 4.90 Å². The van der Waals surface area contributed by atoms with Crippen LogP contribution in [0.2, 0.25) is 0 Å². The summed E-state index contributed by atoms with van der Waals surface area (Å²) in [4.78, 5) is 0.174. The Hall–Kier alpha value is -1.53. The van der Waals surface area contributed by atoms with Gasteiger partial charge in [0.1, 0.15) is 0 Å². The largest absolute Gasteiger partial charge is 0.398 e. The lowest BCUT2D eigenvalue weighted by Gasteiger charge is -2.23. The van der Waals surface area contributed by atoms with E-state index in [0.29, 0.717) is 30.9 Å². The molecule has 0 aromatic heterocycles. The molecule has 0 saturated heterocycles. The molecule has 0 amide bonds. The second kappa shape index (κ2) is 8.93. The van der Waals surface area contributed by atoms with E-state index in [1.165, 1.54) is 12.1 Å². The summed E-state index contributed by atoms with van der Waals surface area (Å²) in [5.41, 5.74) is 13.5. The predicted octanol–water partition coefficient (Wildman–Crippen LogP) is 3.17. The Labute approximate surface area is 140 Å². The molecule has 0 unspecified atom stereocenters. The van der Waals surface area contributed by atoms with E-state index in [0.717, 1.165) is 31.2 Å². The van der Waals surface area contributed by atoms with Crippen LogP contribution in [0, 0.1) is 0 Å². The highest BCUT2D eigenvalue weighted by Gasteiger charge is 2.25. The molecule has 4 N–H and O–H groups in total. The predicted molar refractivity (Wildman–Crippen MR) is 97.7 cm³/mol. The third-order valence-electron chi connectivity index (χ3n) is 3.80. The van der Waals surface area contributed by atoms with Crippen molar-refractivity contribution in [1.29, 1.82) is 0 Å². The summed E-state index contributed by atoms with van der Waals surface area (Å²) in [7, 11) is -3.57. The average molecular weight is 340 g/mol. The molecule has 0 aliphatic carbocycles. The van der Waals surface area contributed by atoms with Gasteiger partial charge in [0.25, 0.3) is 0 Å². The number of rotatable bonds is 10. The second-order valence-electron chi connectivity index (χ2n) is 5.68. The van der Waals surface area contributed by atoms with Crippen LogP contribution in [-0.4, -0.2) is 25.8 Å². The highest BCUT2D eigenvalue weighted by molar-refractivity contribution is 7.89. The number of benzene rings is 1. The molecule has 1 aromatic carbocycles. The maximum absolute atomic E-state index is 12.9. The first kappa shape index (κ1) is 19.5. The van der Waals surface area contributed by atoms with Crippen molar-refractivity contribution >= 4 is 21.4 Å². The Morgan fingerprint density at radius 3 is 1.96 bits per heavy atom. The topological polar surface area (TPSA) is 89.4 Å². The molecule has 0 aliphatic rings. The lowest BCUT2D eigenvalue weighted by molar-refractivity contribution is 0.395. The van der Waals surface area contributed by atoms with Crippen molar-refractivity contribution in [3.63, 3.8) is 0 Å². The molecule has 5 nitrogen and oxygen atoms in total. The third-order valence-corrected chi connectivity index (χ3v) is 5.68. The minimum atomic E-state index is -3.57. The van der Waals surface area contributed by atoms with Gasteiger partial charge in [0.2, 0.25) is 10.0 Å².